The second-order valence-corrected chi connectivity index (χ2v) is 16.6. The molecule has 0 fully saturated rings. The molecule has 8 nitrogen and oxygen atoms in total. The predicted molar refractivity (Wildman–Crippen MR) is 264 cm³/mol. The number of fused-ring (bicyclic) bond motifs is 3. The molecule has 0 bridgehead atoms. The summed E-state index contributed by atoms with van der Waals surface area (Å²) in [5, 5.41) is 0. The molecule has 3 aliphatic rings. The van der Waals surface area contributed by atoms with Crippen molar-refractivity contribution < 1.29 is 9.47 Å². The number of nitrogens with zero attached hydrogens (tertiary/aromatic N) is 6. The molecule has 0 N–H and O–H groups in total. The molecule has 0 amide bonds. The molecule has 0 spiro atoms. The molecule has 3 aromatic heterocycles. The van der Waals surface area contributed by atoms with Crippen LogP contribution in [0.2, 0.25) is 0 Å². The average Bonchev–Trinajstić information content (AvgIpc) is 3.62. The maximum Gasteiger partial charge on any atom is 0.131 e. The Morgan fingerprint density at radius 1 is 0.433 bits per heavy atom. The summed E-state index contributed by atoms with van der Waals surface area (Å²) in [5.41, 5.74) is 11.0. The van der Waals surface area contributed by atoms with Gasteiger partial charge in [0, 0.05) is 46.3 Å². The molecule has 350 valence electrons. The minimum Gasteiger partial charge on any atom is -0.371 e. The zero-order chi connectivity index (χ0) is 43.0. The van der Waals surface area contributed by atoms with Gasteiger partial charge in [-0.2, -0.15) is 0 Å². The van der Waals surface area contributed by atoms with E-state index in [1.807, 2.05) is 41.5 Å². The minimum atomic E-state index is 0. The molecule has 8 heteroatoms. The van der Waals surface area contributed by atoms with Crippen LogP contribution in [-0.2, 0) is 28.9 Å². The van der Waals surface area contributed by atoms with Crippen molar-refractivity contribution in [2.24, 2.45) is 17.8 Å². The number of rotatable bonds is 6. The molecule has 60 heavy (non-hydrogen) atoms. The number of hydrogen-bond donors (Lipinski definition) is 0. The number of aromatic nitrogens is 6. The normalized spacial score (nSPS) is 16.8. The Kier molecular flexibility index (Phi) is 33.0. The van der Waals surface area contributed by atoms with Gasteiger partial charge in [-0.15, -0.1) is 0 Å². The molecule has 5 heterocycles. The summed E-state index contributed by atoms with van der Waals surface area (Å²) in [6.07, 6.45) is 4.98. The second-order valence-electron chi connectivity index (χ2n) is 16.6. The zero-order valence-corrected chi connectivity index (χ0v) is 39.9. The van der Waals surface area contributed by atoms with Gasteiger partial charge in [0.05, 0.1) is 30.3 Å². The molecule has 3 atom stereocenters. The molecule has 0 aromatic carbocycles. The van der Waals surface area contributed by atoms with Gasteiger partial charge in [-0.1, -0.05) is 154 Å². The first-order valence-electron chi connectivity index (χ1n) is 22.4. The third-order valence-electron chi connectivity index (χ3n) is 10.2. The topological polar surface area (TPSA) is 95.8 Å². The molecular formula is C52H100N6O2. The molecule has 3 aromatic rings. The van der Waals surface area contributed by atoms with Crippen molar-refractivity contribution in [1.82, 2.24) is 29.9 Å². The van der Waals surface area contributed by atoms with Crippen molar-refractivity contribution in [3.63, 3.8) is 0 Å². The van der Waals surface area contributed by atoms with Gasteiger partial charge in [0.25, 0.3) is 0 Å². The monoisotopic (exact) mass is 841 g/mol. The summed E-state index contributed by atoms with van der Waals surface area (Å²) in [4.78, 5) is 28.1. The number of ether oxygens (including phenoxy) is 2. The first kappa shape index (κ1) is 63.8. The van der Waals surface area contributed by atoms with E-state index < -0.39 is 0 Å². The van der Waals surface area contributed by atoms with Crippen molar-refractivity contribution in [2.45, 2.75) is 243 Å². The smallest absolute Gasteiger partial charge is 0.131 e. The Morgan fingerprint density at radius 2 is 0.783 bits per heavy atom. The summed E-state index contributed by atoms with van der Waals surface area (Å²) < 4.78 is 11.7. The lowest BCUT2D eigenvalue weighted by Gasteiger charge is -2.29. The highest BCUT2D eigenvalue weighted by Crippen LogP contribution is 2.38. The van der Waals surface area contributed by atoms with E-state index in [9.17, 15) is 0 Å². The zero-order valence-electron chi connectivity index (χ0n) is 39.9. The van der Waals surface area contributed by atoms with E-state index in [0.29, 0.717) is 48.0 Å². The summed E-state index contributed by atoms with van der Waals surface area (Å²) >= 11 is 0. The number of aryl methyl sites for hydroxylation is 3. The van der Waals surface area contributed by atoms with Gasteiger partial charge in [0.2, 0.25) is 0 Å². The van der Waals surface area contributed by atoms with Gasteiger partial charge in [-0.3, -0.25) is 0 Å². The van der Waals surface area contributed by atoms with Crippen LogP contribution < -0.4 is 0 Å². The molecule has 1 aliphatic carbocycles. The second kappa shape index (κ2) is 31.1. The van der Waals surface area contributed by atoms with Crippen molar-refractivity contribution >= 4 is 0 Å². The first-order valence-corrected chi connectivity index (χ1v) is 22.4. The fourth-order valence-corrected chi connectivity index (χ4v) is 7.19. The minimum absolute atomic E-state index is 0. The van der Waals surface area contributed by atoms with Crippen molar-refractivity contribution in [3.8, 4) is 0 Å². The van der Waals surface area contributed by atoms with Crippen LogP contribution in [0.4, 0.5) is 0 Å². The Labute approximate surface area is 374 Å². The summed E-state index contributed by atoms with van der Waals surface area (Å²) in [6.45, 7) is 46.0. The van der Waals surface area contributed by atoms with E-state index in [2.05, 4.69) is 124 Å². The standard InChI is InChI=1S/C15H24N2.C14H22N2O.C13H20N2O.3C2H6.4CH4/c1-9(2)12-7-6-8-13-11(5)16-15(10(3)4)17-14(12)13;1-8(2)13-12-11(6-7-17-13)10(5)15-14(16-12)9(3)4;1-7(2)12-11-10(6-16-12)9(5)14-13(15-11)8(3)4;3*1-2;;;;/h9-10,12H,6-8H2,1-5H3;8-9,13H,6-7H2,1-5H3;7-8,12H,6H2,1-5H3;3*1-2H3;4*1H4. The molecule has 2 aliphatic heterocycles. The highest BCUT2D eigenvalue weighted by Gasteiger charge is 2.31. The number of hydrogen-bond acceptors (Lipinski definition) is 8. The third kappa shape index (κ3) is 16.8. The van der Waals surface area contributed by atoms with Crippen LogP contribution >= 0.6 is 0 Å². The predicted octanol–water partition coefficient (Wildman–Crippen LogP) is 15.9. The first-order chi connectivity index (χ1) is 26.5. The van der Waals surface area contributed by atoms with Crippen molar-refractivity contribution in [3.05, 3.63) is 68.3 Å². The lowest BCUT2D eigenvalue weighted by atomic mass is 9.79. The van der Waals surface area contributed by atoms with Crippen molar-refractivity contribution in [2.75, 3.05) is 6.61 Å². The van der Waals surface area contributed by atoms with Gasteiger partial charge in [0.15, 0.2) is 0 Å². The van der Waals surface area contributed by atoms with Gasteiger partial charge in [0.1, 0.15) is 29.7 Å². The van der Waals surface area contributed by atoms with E-state index in [1.165, 1.54) is 47.3 Å². The van der Waals surface area contributed by atoms with Crippen LogP contribution in [0.25, 0.3) is 0 Å². The molecule has 0 saturated carbocycles. The van der Waals surface area contributed by atoms with Crippen LogP contribution in [0.5, 0.6) is 0 Å². The van der Waals surface area contributed by atoms with E-state index in [-0.39, 0.29) is 41.9 Å². The Hall–Kier alpha value is -2.84. The molecule has 0 saturated heterocycles. The van der Waals surface area contributed by atoms with Crippen LogP contribution in [0.1, 0.15) is 271 Å². The maximum absolute atomic E-state index is 5.87. The van der Waals surface area contributed by atoms with Crippen LogP contribution in [-0.4, -0.2) is 36.5 Å². The highest BCUT2D eigenvalue weighted by molar-refractivity contribution is 5.32. The Balaban J connectivity index is -0.000000357. The molecule has 3 unspecified atom stereocenters. The summed E-state index contributed by atoms with van der Waals surface area (Å²) in [5.74, 6) is 6.32. The van der Waals surface area contributed by atoms with E-state index in [0.717, 1.165) is 53.3 Å². The Morgan fingerprint density at radius 3 is 1.17 bits per heavy atom. The highest BCUT2D eigenvalue weighted by atomic mass is 16.5. The van der Waals surface area contributed by atoms with Gasteiger partial charge in [-0.05, 0) is 75.3 Å². The maximum atomic E-state index is 5.87. The lowest BCUT2D eigenvalue weighted by Crippen LogP contribution is -2.24. The quantitative estimate of drug-likeness (QED) is 0.242. The molecule has 0 radical (unpaired) electrons. The fourth-order valence-electron chi connectivity index (χ4n) is 7.19. The van der Waals surface area contributed by atoms with E-state index >= 15 is 0 Å². The summed E-state index contributed by atoms with van der Waals surface area (Å²) in [7, 11) is 0. The molecule has 6 rings (SSSR count). The fraction of sp³-hybridized carbons (Fsp3) is 0.769. The van der Waals surface area contributed by atoms with Gasteiger partial charge in [-0.25, -0.2) is 29.9 Å². The average molecular weight is 841 g/mol. The van der Waals surface area contributed by atoms with Crippen LogP contribution in [0.3, 0.4) is 0 Å². The van der Waals surface area contributed by atoms with E-state index in [4.69, 9.17) is 19.4 Å². The SMILES string of the molecule is C.C.C.C.CC.CC.CC.Cc1nc(C(C)C)nc2c1CCCC2C(C)C.Cc1nc(C(C)C)nc2c1CCOC2C(C)C.Cc1nc(C(C)C)nc2c1COC2C(C)C. The largest absolute Gasteiger partial charge is 0.371 e. The van der Waals surface area contributed by atoms with E-state index in [1.54, 1.807) is 0 Å². The third-order valence-corrected chi connectivity index (χ3v) is 10.2. The van der Waals surface area contributed by atoms with Crippen LogP contribution in [0, 0.1) is 38.5 Å². The van der Waals surface area contributed by atoms with Crippen molar-refractivity contribution in [1.29, 1.82) is 0 Å². The van der Waals surface area contributed by atoms with Gasteiger partial charge < -0.3 is 9.47 Å². The van der Waals surface area contributed by atoms with Crippen LogP contribution in [0.15, 0.2) is 0 Å². The molecular weight excluding hydrogens is 741 g/mol. The Bertz CT molecular complexity index is 1520. The summed E-state index contributed by atoms with van der Waals surface area (Å²) in [6, 6.07) is 0. The van der Waals surface area contributed by atoms with Gasteiger partial charge >= 0.3 is 0 Å². The lowest BCUT2D eigenvalue weighted by molar-refractivity contribution is 0.00736.